The molecule has 0 fully saturated rings. The van der Waals surface area contributed by atoms with Crippen LogP contribution in [0.2, 0.25) is 0 Å². The third-order valence-corrected chi connectivity index (χ3v) is 4.39. The number of rotatable bonds is 4. The fraction of sp³-hybridized carbons (Fsp3) is 0.182. The van der Waals surface area contributed by atoms with Crippen LogP contribution >= 0.6 is 0 Å². The van der Waals surface area contributed by atoms with Gasteiger partial charge in [0, 0.05) is 7.05 Å². The van der Waals surface area contributed by atoms with E-state index in [4.69, 9.17) is 5.26 Å². The van der Waals surface area contributed by atoms with Gasteiger partial charge in [0.05, 0.1) is 17.0 Å². The largest absolute Gasteiger partial charge is 0.262 e. The molecule has 1 aromatic heterocycles. The van der Waals surface area contributed by atoms with Crippen molar-refractivity contribution in [2.75, 3.05) is 7.05 Å². The van der Waals surface area contributed by atoms with Gasteiger partial charge in [0.25, 0.3) is 0 Å². The van der Waals surface area contributed by atoms with Gasteiger partial charge in [0.2, 0.25) is 10.0 Å². The van der Waals surface area contributed by atoms with Gasteiger partial charge in [-0.1, -0.05) is 12.1 Å². The van der Waals surface area contributed by atoms with Crippen molar-refractivity contribution in [3.63, 3.8) is 0 Å². The third-order valence-electron chi connectivity index (χ3n) is 2.53. The van der Waals surface area contributed by atoms with Crippen molar-refractivity contribution in [3.8, 4) is 6.07 Å². The predicted octanol–water partition coefficient (Wildman–Crippen LogP) is 0.497. The maximum absolute atomic E-state index is 12.4. The molecule has 1 N–H and O–H groups in total. The Morgan fingerprint density at radius 2 is 2.16 bits per heavy atom. The normalized spacial score (nSPS) is 11.4. The highest BCUT2D eigenvalue weighted by atomic mass is 32.2. The number of sulfonamides is 1. The molecule has 1 aromatic carbocycles. The minimum atomic E-state index is -3.73. The van der Waals surface area contributed by atoms with E-state index >= 15 is 0 Å². The quantitative estimate of drug-likeness (QED) is 0.876. The van der Waals surface area contributed by atoms with Crippen LogP contribution in [0.4, 0.5) is 0 Å². The van der Waals surface area contributed by atoms with Crippen LogP contribution in [-0.2, 0) is 16.6 Å². The number of aromatic nitrogens is 3. The molecule has 2 rings (SSSR count). The molecule has 0 aliphatic carbocycles. The molecule has 0 bridgehead atoms. The average Bonchev–Trinajstić information content (AvgIpc) is 2.91. The first-order chi connectivity index (χ1) is 9.05. The molecule has 1 heterocycles. The summed E-state index contributed by atoms with van der Waals surface area (Å²) in [6.45, 7) is 0.0576. The second-order valence-electron chi connectivity index (χ2n) is 3.80. The second kappa shape index (κ2) is 5.17. The van der Waals surface area contributed by atoms with Crippen LogP contribution in [0.5, 0.6) is 0 Å². The lowest BCUT2D eigenvalue weighted by Gasteiger charge is -2.16. The lowest BCUT2D eigenvalue weighted by atomic mass is 10.2. The molecule has 0 saturated heterocycles. The van der Waals surface area contributed by atoms with Crippen LogP contribution < -0.4 is 0 Å². The third kappa shape index (κ3) is 2.62. The Balaban J connectivity index is 2.34. The van der Waals surface area contributed by atoms with Gasteiger partial charge in [-0.2, -0.15) is 14.7 Å². The highest BCUT2D eigenvalue weighted by molar-refractivity contribution is 7.89. The molecule has 8 heteroatoms. The van der Waals surface area contributed by atoms with E-state index in [1.165, 1.54) is 25.5 Å². The summed E-state index contributed by atoms with van der Waals surface area (Å²) in [5, 5.41) is 15.2. The van der Waals surface area contributed by atoms with Crippen molar-refractivity contribution in [2.24, 2.45) is 0 Å². The van der Waals surface area contributed by atoms with Gasteiger partial charge in [-0.15, -0.1) is 0 Å². The molecule has 19 heavy (non-hydrogen) atoms. The molecule has 0 aliphatic rings. The molecule has 2 aromatic rings. The first kappa shape index (κ1) is 13.2. The summed E-state index contributed by atoms with van der Waals surface area (Å²) in [6.07, 6.45) is 1.30. The van der Waals surface area contributed by atoms with E-state index in [0.29, 0.717) is 5.82 Å². The maximum atomic E-state index is 12.4. The first-order valence-electron chi connectivity index (χ1n) is 5.35. The number of hydrogen-bond acceptors (Lipinski definition) is 5. The summed E-state index contributed by atoms with van der Waals surface area (Å²) < 4.78 is 25.8. The molecule has 98 valence electrons. The number of aromatic amines is 1. The molecule has 0 atom stereocenters. The van der Waals surface area contributed by atoms with Crippen LogP contribution in [0.3, 0.4) is 0 Å². The minimum Gasteiger partial charge on any atom is -0.262 e. The SMILES string of the molecule is CN(Cc1ncn[nH]1)S(=O)(=O)c1ccccc1C#N. The fourth-order valence-corrected chi connectivity index (χ4v) is 2.82. The van der Waals surface area contributed by atoms with E-state index in [0.717, 1.165) is 4.31 Å². The zero-order valence-corrected chi connectivity index (χ0v) is 10.9. The highest BCUT2D eigenvalue weighted by Gasteiger charge is 2.24. The number of nitriles is 1. The number of hydrogen-bond donors (Lipinski definition) is 1. The predicted molar refractivity (Wildman–Crippen MR) is 66.2 cm³/mol. The highest BCUT2D eigenvalue weighted by Crippen LogP contribution is 2.19. The number of nitrogens with one attached hydrogen (secondary N) is 1. The van der Waals surface area contributed by atoms with E-state index in [-0.39, 0.29) is 17.0 Å². The molecule has 0 unspecified atom stereocenters. The van der Waals surface area contributed by atoms with Crippen molar-refractivity contribution in [3.05, 3.63) is 42.0 Å². The summed E-state index contributed by atoms with van der Waals surface area (Å²) in [5.41, 5.74) is 0.118. The fourth-order valence-electron chi connectivity index (χ4n) is 1.55. The van der Waals surface area contributed by atoms with Crippen molar-refractivity contribution in [1.82, 2.24) is 19.5 Å². The first-order valence-corrected chi connectivity index (χ1v) is 6.79. The van der Waals surface area contributed by atoms with Crippen LogP contribution in [-0.4, -0.2) is 35.0 Å². The summed E-state index contributed by atoms with van der Waals surface area (Å²) in [4.78, 5) is 3.85. The zero-order chi connectivity index (χ0) is 13.9. The summed E-state index contributed by atoms with van der Waals surface area (Å²) in [5.74, 6) is 0.431. The van der Waals surface area contributed by atoms with Crippen LogP contribution in [0.25, 0.3) is 0 Å². The van der Waals surface area contributed by atoms with E-state index in [1.54, 1.807) is 12.1 Å². The van der Waals surface area contributed by atoms with Crippen LogP contribution in [0, 0.1) is 11.3 Å². The minimum absolute atomic E-state index is 0.0143. The van der Waals surface area contributed by atoms with E-state index in [1.807, 2.05) is 6.07 Å². The van der Waals surface area contributed by atoms with Gasteiger partial charge in [-0.05, 0) is 12.1 Å². The molecule has 0 spiro atoms. The summed E-state index contributed by atoms with van der Waals surface area (Å²) in [7, 11) is -2.31. The molecule has 0 radical (unpaired) electrons. The molecule has 7 nitrogen and oxygen atoms in total. The molecular formula is C11H11N5O2S. The van der Waals surface area contributed by atoms with Crippen molar-refractivity contribution in [2.45, 2.75) is 11.4 Å². The van der Waals surface area contributed by atoms with Gasteiger partial charge < -0.3 is 0 Å². The Kier molecular flexibility index (Phi) is 3.59. The maximum Gasteiger partial charge on any atom is 0.244 e. The molecule has 0 aliphatic heterocycles. The lowest BCUT2D eigenvalue weighted by Crippen LogP contribution is -2.27. The Hall–Kier alpha value is -2.24. The number of benzene rings is 1. The van der Waals surface area contributed by atoms with Gasteiger partial charge in [-0.3, -0.25) is 5.10 Å². The topological polar surface area (TPSA) is 103 Å². The van der Waals surface area contributed by atoms with Crippen molar-refractivity contribution >= 4 is 10.0 Å². The Labute approximate surface area is 110 Å². The Morgan fingerprint density at radius 1 is 1.42 bits per heavy atom. The van der Waals surface area contributed by atoms with E-state index in [9.17, 15) is 8.42 Å². The monoisotopic (exact) mass is 277 g/mol. The smallest absolute Gasteiger partial charge is 0.244 e. The lowest BCUT2D eigenvalue weighted by molar-refractivity contribution is 0.457. The summed E-state index contributed by atoms with van der Waals surface area (Å²) in [6, 6.07) is 7.95. The second-order valence-corrected chi connectivity index (χ2v) is 5.81. The van der Waals surface area contributed by atoms with Gasteiger partial charge >= 0.3 is 0 Å². The standard InChI is InChI=1S/C11H11N5O2S/c1-16(7-11-13-8-14-15-11)19(17,18)10-5-3-2-4-9(10)6-12/h2-5,8H,7H2,1H3,(H,13,14,15). The summed E-state index contributed by atoms with van der Waals surface area (Å²) >= 11 is 0. The van der Waals surface area contributed by atoms with Gasteiger partial charge in [0.15, 0.2) is 0 Å². The van der Waals surface area contributed by atoms with Gasteiger partial charge in [-0.25, -0.2) is 13.4 Å². The van der Waals surface area contributed by atoms with Crippen LogP contribution in [0.15, 0.2) is 35.5 Å². The number of H-pyrrole nitrogens is 1. The van der Waals surface area contributed by atoms with Crippen molar-refractivity contribution in [1.29, 1.82) is 5.26 Å². The average molecular weight is 277 g/mol. The number of nitrogens with zero attached hydrogens (tertiary/aromatic N) is 4. The Morgan fingerprint density at radius 3 is 2.79 bits per heavy atom. The zero-order valence-electron chi connectivity index (χ0n) is 10.1. The Bertz CT molecular complexity index is 703. The van der Waals surface area contributed by atoms with Gasteiger partial charge in [0.1, 0.15) is 18.2 Å². The van der Waals surface area contributed by atoms with Crippen LogP contribution in [0.1, 0.15) is 11.4 Å². The molecule has 0 saturated carbocycles. The molecule has 0 amide bonds. The van der Waals surface area contributed by atoms with E-state index < -0.39 is 10.0 Å². The molecular weight excluding hydrogens is 266 g/mol. The van der Waals surface area contributed by atoms with E-state index in [2.05, 4.69) is 15.2 Å². The van der Waals surface area contributed by atoms with Crippen molar-refractivity contribution < 1.29 is 8.42 Å².